The first-order chi connectivity index (χ1) is 26.8. The summed E-state index contributed by atoms with van der Waals surface area (Å²) >= 11 is 0. The molecule has 0 saturated carbocycles. The summed E-state index contributed by atoms with van der Waals surface area (Å²) in [5.74, 6) is 1.80. The first-order valence-electron chi connectivity index (χ1n) is 20.3. The van der Waals surface area contributed by atoms with Gasteiger partial charge in [0.2, 0.25) is 0 Å². The number of methoxy groups -OCH3 is 2. The Bertz CT molecular complexity index is 1090. The standard InChI is InChI=1S/C43H74O12/c1-9-10-11-12-38-32-41(54-36(5)52-29-27-50-25-23-48-21-19-46-17-15-44-7)43(40-31-35(4)13-14-39(40)34(2)3)42(33-38)55-37(6)53-30-28-51-26-24-49-22-20-47-18-16-45-8/h31-33,36-37,39-40H,2,9-30H2,1,3-8H3. The average Bonchev–Trinajstić information content (AvgIpc) is 3.15. The van der Waals surface area contributed by atoms with Crippen molar-refractivity contribution >= 4 is 0 Å². The van der Waals surface area contributed by atoms with Gasteiger partial charge in [-0.05, 0) is 77.0 Å². The molecule has 55 heavy (non-hydrogen) atoms. The zero-order chi connectivity index (χ0) is 39.9. The number of aryl methyl sites for hydroxylation is 1. The zero-order valence-corrected chi connectivity index (χ0v) is 35.2. The lowest BCUT2D eigenvalue weighted by Crippen LogP contribution is -2.25. The summed E-state index contributed by atoms with van der Waals surface area (Å²) in [5, 5.41) is 0. The van der Waals surface area contributed by atoms with Crippen molar-refractivity contribution in [1.82, 2.24) is 0 Å². The number of rotatable bonds is 36. The number of benzene rings is 1. The van der Waals surface area contributed by atoms with E-state index in [1.807, 2.05) is 13.8 Å². The van der Waals surface area contributed by atoms with Gasteiger partial charge in [-0.15, -0.1) is 0 Å². The van der Waals surface area contributed by atoms with Crippen molar-refractivity contribution in [1.29, 1.82) is 0 Å². The molecule has 0 radical (unpaired) electrons. The fourth-order valence-corrected chi connectivity index (χ4v) is 6.15. The van der Waals surface area contributed by atoms with E-state index in [0.29, 0.717) is 106 Å². The Morgan fingerprint density at radius 1 is 0.655 bits per heavy atom. The third kappa shape index (κ3) is 22.4. The third-order valence-electron chi connectivity index (χ3n) is 9.04. The molecule has 0 bridgehead atoms. The maximum Gasteiger partial charge on any atom is 0.197 e. The van der Waals surface area contributed by atoms with Gasteiger partial charge >= 0.3 is 0 Å². The summed E-state index contributed by atoms with van der Waals surface area (Å²) in [4.78, 5) is 0. The smallest absolute Gasteiger partial charge is 0.197 e. The molecule has 0 amide bonds. The molecule has 318 valence electrons. The van der Waals surface area contributed by atoms with E-state index >= 15 is 0 Å². The van der Waals surface area contributed by atoms with Crippen molar-refractivity contribution in [3.05, 3.63) is 47.1 Å². The largest absolute Gasteiger partial charge is 0.465 e. The van der Waals surface area contributed by atoms with Gasteiger partial charge in [0.05, 0.1) is 106 Å². The molecule has 0 fully saturated rings. The maximum absolute atomic E-state index is 6.66. The summed E-state index contributed by atoms with van der Waals surface area (Å²) in [6.45, 7) is 22.7. The van der Waals surface area contributed by atoms with Gasteiger partial charge in [-0.25, -0.2) is 0 Å². The minimum Gasteiger partial charge on any atom is -0.465 e. The van der Waals surface area contributed by atoms with E-state index in [1.54, 1.807) is 14.2 Å². The predicted octanol–water partition coefficient (Wildman–Crippen LogP) is 7.31. The maximum atomic E-state index is 6.66. The second-order valence-electron chi connectivity index (χ2n) is 13.8. The van der Waals surface area contributed by atoms with Crippen LogP contribution in [0.1, 0.15) is 83.8 Å². The van der Waals surface area contributed by atoms with Gasteiger partial charge in [-0.1, -0.05) is 43.6 Å². The van der Waals surface area contributed by atoms with Crippen molar-refractivity contribution in [2.24, 2.45) is 5.92 Å². The summed E-state index contributed by atoms with van der Waals surface area (Å²) in [6.07, 6.45) is 7.66. The molecular weight excluding hydrogens is 708 g/mol. The van der Waals surface area contributed by atoms with Crippen LogP contribution in [0.4, 0.5) is 0 Å². The first-order valence-corrected chi connectivity index (χ1v) is 20.3. The van der Waals surface area contributed by atoms with Gasteiger partial charge in [-0.2, -0.15) is 0 Å². The van der Waals surface area contributed by atoms with Crippen LogP contribution in [0.25, 0.3) is 0 Å². The second-order valence-corrected chi connectivity index (χ2v) is 13.8. The highest BCUT2D eigenvalue weighted by molar-refractivity contribution is 5.53. The van der Waals surface area contributed by atoms with Gasteiger partial charge in [0.25, 0.3) is 0 Å². The molecule has 1 aromatic rings. The van der Waals surface area contributed by atoms with Crippen LogP contribution in [0.15, 0.2) is 35.9 Å². The lowest BCUT2D eigenvalue weighted by atomic mass is 9.73. The van der Waals surface area contributed by atoms with Crippen LogP contribution in [0.5, 0.6) is 11.5 Å². The van der Waals surface area contributed by atoms with Crippen LogP contribution >= 0.6 is 0 Å². The van der Waals surface area contributed by atoms with Crippen molar-refractivity contribution < 1.29 is 56.8 Å². The van der Waals surface area contributed by atoms with Crippen LogP contribution in [-0.4, -0.2) is 133 Å². The van der Waals surface area contributed by atoms with E-state index in [-0.39, 0.29) is 11.8 Å². The lowest BCUT2D eigenvalue weighted by molar-refractivity contribution is -0.0904. The Kier molecular flexibility index (Phi) is 28.5. The third-order valence-corrected chi connectivity index (χ3v) is 9.04. The van der Waals surface area contributed by atoms with Crippen molar-refractivity contribution in [2.75, 3.05) is 120 Å². The molecular formula is C43H74O12. The molecule has 2 rings (SSSR count). The van der Waals surface area contributed by atoms with E-state index < -0.39 is 12.6 Å². The summed E-state index contributed by atoms with van der Waals surface area (Å²) in [5.41, 5.74) is 4.64. The molecule has 4 atom stereocenters. The van der Waals surface area contributed by atoms with E-state index in [0.717, 1.165) is 66.7 Å². The Hall–Kier alpha value is -2.10. The van der Waals surface area contributed by atoms with Crippen LogP contribution in [0.3, 0.4) is 0 Å². The highest BCUT2D eigenvalue weighted by Crippen LogP contribution is 2.48. The quantitative estimate of drug-likeness (QED) is 0.0387. The summed E-state index contributed by atoms with van der Waals surface area (Å²) in [7, 11) is 3.31. The van der Waals surface area contributed by atoms with Crippen LogP contribution < -0.4 is 9.47 Å². The highest BCUT2D eigenvalue weighted by atomic mass is 16.7. The topological polar surface area (TPSA) is 111 Å². The molecule has 12 heteroatoms. The Balaban J connectivity index is 2.06. The van der Waals surface area contributed by atoms with E-state index in [2.05, 4.69) is 45.6 Å². The van der Waals surface area contributed by atoms with Gasteiger partial charge in [-0.3, -0.25) is 0 Å². The first kappa shape index (κ1) is 49.0. The molecule has 1 aliphatic rings. The minimum atomic E-state index is -0.517. The molecule has 0 saturated heterocycles. The van der Waals surface area contributed by atoms with Gasteiger partial charge in [0.15, 0.2) is 12.6 Å². The van der Waals surface area contributed by atoms with Crippen LogP contribution in [-0.2, 0) is 53.8 Å². The second kappa shape index (κ2) is 31.9. The number of ether oxygens (including phenoxy) is 12. The van der Waals surface area contributed by atoms with Gasteiger partial charge < -0.3 is 56.8 Å². The Labute approximate surface area is 332 Å². The van der Waals surface area contributed by atoms with E-state index in [1.165, 1.54) is 5.57 Å². The molecule has 0 aromatic heterocycles. The average molecular weight is 783 g/mol. The number of hydrogen-bond acceptors (Lipinski definition) is 12. The van der Waals surface area contributed by atoms with Crippen molar-refractivity contribution in [2.45, 2.75) is 91.6 Å². The monoisotopic (exact) mass is 783 g/mol. The molecule has 0 aliphatic heterocycles. The van der Waals surface area contributed by atoms with Crippen LogP contribution in [0, 0.1) is 5.92 Å². The Morgan fingerprint density at radius 2 is 1.07 bits per heavy atom. The molecule has 12 nitrogen and oxygen atoms in total. The molecule has 1 aliphatic carbocycles. The molecule has 0 heterocycles. The zero-order valence-electron chi connectivity index (χ0n) is 35.2. The number of allylic oxidation sites excluding steroid dienone is 3. The van der Waals surface area contributed by atoms with Crippen LogP contribution in [0.2, 0.25) is 0 Å². The SMILES string of the molecule is C=C(C)C1CCC(C)=CC1c1c(OC(C)OCCOCCOCCOCCOC)cc(CCCCC)cc1OC(C)OCCOCCOCCOCCOC. The Morgan fingerprint density at radius 3 is 1.47 bits per heavy atom. The van der Waals surface area contributed by atoms with Gasteiger partial charge in [0.1, 0.15) is 11.5 Å². The minimum absolute atomic E-state index is 0.0303. The summed E-state index contributed by atoms with van der Waals surface area (Å²) < 4.78 is 68.9. The fraction of sp³-hybridized carbons (Fsp3) is 0.767. The van der Waals surface area contributed by atoms with Gasteiger partial charge in [0, 0.05) is 25.7 Å². The predicted molar refractivity (Wildman–Crippen MR) is 214 cm³/mol. The van der Waals surface area contributed by atoms with E-state index in [9.17, 15) is 0 Å². The fourth-order valence-electron chi connectivity index (χ4n) is 6.15. The molecule has 0 spiro atoms. The molecule has 0 N–H and O–H groups in total. The molecule has 4 unspecified atom stereocenters. The van der Waals surface area contributed by atoms with Crippen molar-refractivity contribution in [3.63, 3.8) is 0 Å². The number of hydrogen-bond donors (Lipinski definition) is 0. The number of unbranched alkanes of at least 4 members (excludes halogenated alkanes) is 2. The summed E-state index contributed by atoms with van der Waals surface area (Å²) in [6, 6.07) is 4.34. The van der Waals surface area contributed by atoms with Crippen molar-refractivity contribution in [3.8, 4) is 11.5 Å². The highest BCUT2D eigenvalue weighted by Gasteiger charge is 2.32. The molecule has 1 aromatic carbocycles. The van der Waals surface area contributed by atoms with E-state index in [4.69, 9.17) is 56.8 Å². The normalized spacial score (nSPS) is 16.9. The lowest BCUT2D eigenvalue weighted by Gasteiger charge is -2.34.